The van der Waals surface area contributed by atoms with Crippen LogP contribution in [0.3, 0.4) is 0 Å². The Bertz CT molecular complexity index is 1700. The molecule has 0 atom stereocenters. The molecule has 0 heterocycles. The van der Waals surface area contributed by atoms with Crippen LogP contribution in [0.2, 0.25) is 5.02 Å². The largest absolute Gasteiger partial charge is 0.861 e. The molecule has 0 saturated carbocycles. The van der Waals surface area contributed by atoms with E-state index in [-0.39, 0.29) is 38.9 Å². The number of nitriles is 1. The Balaban J connectivity index is 1.81. The number of hydrogen-bond acceptors (Lipinski definition) is 7. The van der Waals surface area contributed by atoms with E-state index in [1.165, 1.54) is 38.1 Å². The third-order valence-corrected chi connectivity index (χ3v) is 7.02. The number of aryl methyl sites for hydroxylation is 1. The molecule has 41 heavy (non-hydrogen) atoms. The average Bonchev–Trinajstić information content (AvgIpc) is 2.91. The zero-order valence-corrected chi connectivity index (χ0v) is 22.9. The Morgan fingerprint density at radius 2 is 1.83 bits per heavy atom. The van der Waals surface area contributed by atoms with Gasteiger partial charge in [-0.05, 0) is 79.4 Å². The summed E-state index contributed by atoms with van der Waals surface area (Å²) in [5, 5.41) is 23.1. The lowest BCUT2D eigenvalue weighted by Crippen LogP contribution is -2.21. The number of ether oxygens (including phenoxy) is 1. The van der Waals surface area contributed by atoms with E-state index in [0.717, 1.165) is 18.2 Å². The third-order valence-electron chi connectivity index (χ3n) is 5.49. The minimum absolute atomic E-state index is 0.0654. The number of nitrogens with zero attached hydrogens (tertiary/aromatic N) is 2. The molecule has 0 spiro atoms. The zero-order chi connectivity index (χ0) is 30.5. The summed E-state index contributed by atoms with van der Waals surface area (Å²) in [5.41, 5.74) is -1.70. The number of ketones is 1. The van der Waals surface area contributed by atoms with Crippen molar-refractivity contribution in [3.05, 3.63) is 87.4 Å². The first-order chi connectivity index (χ1) is 19.1. The number of amides is 1. The van der Waals surface area contributed by atoms with Crippen molar-refractivity contribution >= 4 is 44.9 Å². The van der Waals surface area contributed by atoms with Gasteiger partial charge in [0, 0.05) is 16.3 Å². The number of rotatable bonds is 9. The fraction of sp³-hybridized carbons (Fsp3) is 0.185. The summed E-state index contributed by atoms with van der Waals surface area (Å²) < 4.78 is 73.1. The van der Waals surface area contributed by atoms with Crippen LogP contribution in [0.1, 0.15) is 46.0 Å². The van der Waals surface area contributed by atoms with Crippen LogP contribution in [0.15, 0.2) is 63.9 Å². The van der Waals surface area contributed by atoms with Gasteiger partial charge in [0.05, 0.1) is 27.7 Å². The van der Waals surface area contributed by atoms with Crippen LogP contribution in [0.25, 0.3) is 0 Å². The highest BCUT2D eigenvalue weighted by atomic mass is 35.5. The second kappa shape index (κ2) is 12.4. The fourth-order valence-corrected chi connectivity index (χ4v) is 4.71. The molecule has 0 unspecified atom stereocenters. The lowest BCUT2D eigenvalue weighted by atomic mass is 9.98. The van der Waals surface area contributed by atoms with Crippen LogP contribution in [-0.2, 0) is 21.0 Å². The van der Waals surface area contributed by atoms with Gasteiger partial charge in [-0.25, -0.2) is 0 Å². The van der Waals surface area contributed by atoms with Gasteiger partial charge in [-0.3, -0.25) is 9.59 Å². The molecule has 0 fully saturated rings. The Hall–Kier alpha value is -4.41. The first-order valence-corrected chi connectivity index (χ1v) is 13.5. The van der Waals surface area contributed by atoms with E-state index in [4.69, 9.17) is 21.6 Å². The molecule has 3 rings (SSSR count). The Labute approximate surface area is 237 Å². The predicted molar refractivity (Wildman–Crippen MR) is 141 cm³/mol. The molecule has 214 valence electrons. The first kappa shape index (κ1) is 31.1. The molecule has 0 aliphatic heterocycles. The molecular formula is C27H20ClF3N3O6S-. The highest BCUT2D eigenvalue weighted by Gasteiger charge is 2.32. The summed E-state index contributed by atoms with van der Waals surface area (Å²) in [5.74, 6) is -2.61. The van der Waals surface area contributed by atoms with Crippen molar-refractivity contribution in [2.24, 2.45) is 4.40 Å². The normalized spacial score (nSPS) is 12.0. The maximum atomic E-state index is 13.3. The van der Waals surface area contributed by atoms with E-state index in [1.807, 2.05) is 0 Å². The van der Waals surface area contributed by atoms with E-state index >= 15 is 0 Å². The minimum Gasteiger partial charge on any atom is -0.861 e. The lowest BCUT2D eigenvalue weighted by Gasteiger charge is -2.14. The van der Waals surface area contributed by atoms with Crippen LogP contribution in [-0.4, -0.2) is 32.6 Å². The molecule has 1 N–H and O–H groups in total. The lowest BCUT2D eigenvalue weighted by molar-refractivity contribution is -0.217. The molecule has 0 aromatic heterocycles. The maximum absolute atomic E-state index is 13.3. The fourth-order valence-electron chi connectivity index (χ4n) is 3.47. The van der Waals surface area contributed by atoms with Gasteiger partial charge in [0.25, 0.3) is 15.9 Å². The Morgan fingerprint density at radius 3 is 2.44 bits per heavy atom. The number of carbonyl (C=O) groups excluding carboxylic acids is 2. The number of benzene rings is 3. The summed E-state index contributed by atoms with van der Waals surface area (Å²) >= 11 is 5.99. The van der Waals surface area contributed by atoms with Crippen LogP contribution in [0.4, 0.5) is 18.9 Å². The molecule has 0 aliphatic rings. The van der Waals surface area contributed by atoms with Crippen molar-refractivity contribution in [3.8, 4) is 11.8 Å². The number of nitrogens with one attached hydrogen (secondary N) is 1. The molecule has 14 heteroatoms. The van der Waals surface area contributed by atoms with Gasteiger partial charge in [0.2, 0.25) is 0 Å². The second-order valence-corrected chi connectivity index (χ2v) is 10.5. The summed E-state index contributed by atoms with van der Waals surface area (Å²) in [6.07, 6.45) is -4.90. The molecule has 0 bridgehead atoms. The molecule has 1 amide bonds. The topological polar surface area (TPSA) is 149 Å². The third kappa shape index (κ3) is 7.84. The van der Waals surface area contributed by atoms with Gasteiger partial charge in [-0.15, -0.1) is 0 Å². The van der Waals surface area contributed by atoms with Gasteiger partial charge < -0.3 is 15.2 Å². The van der Waals surface area contributed by atoms with Crippen molar-refractivity contribution in [3.63, 3.8) is 0 Å². The van der Waals surface area contributed by atoms with E-state index in [9.17, 15) is 36.3 Å². The summed E-state index contributed by atoms with van der Waals surface area (Å²) in [4.78, 5) is 25.5. The van der Waals surface area contributed by atoms with Crippen LogP contribution in [0.5, 0.6) is 5.75 Å². The molecule has 0 saturated heterocycles. The maximum Gasteiger partial charge on any atom is 0.416 e. The predicted octanol–water partition coefficient (Wildman–Crippen LogP) is 4.64. The van der Waals surface area contributed by atoms with Crippen molar-refractivity contribution in [1.82, 2.24) is 0 Å². The molecular weight excluding hydrogens is 587 g/mol. The molecule has 3 aromatic rings. The zero-order valence-electron chi connectivity index (χ0n) is 21.4. The van der Waals surface area contributed by atoms with Crippen LogP contribution in [0, 0.1) is 18.3 Å². The van der Waals surface area contributed by atoms with Crippen LogP contribution < -0.4 is 15.2 Å². The van der Waals surface area contributed by atoms with E-state index in [2.05, 4.69) is 9.71 Å². The van der Waals surface area contributed by atoms with Gasteiger partial charge in [-0.2, -0.15) is 31.2 Å². The van der Waals surface area contributed by atoms with Gasteiger partial charge in [-0.1, -0.05) is 18.5 Å². The molecule has 0 radical (unpaired) electrons. The monoisotopic (exact) mass is 606 g/mol. The number of carbonyl (C=O) groups is 2. The number of anilines is 1. The van der Waals surface area contributed by atoms with E-state index < -0.39 is 51.5 Å². The summed E-state index contributed by atoms with van der Waals surface area (Å²) in [7, 11) is -4.23. The Kier molecular flexibility index (Phi) is 9.42. The van der Waals surface area contributed by atoms with Crippen LogP contribution >= 0.6 is 11.6 Å². The van der Waals surface area contributed by atoms with Crippen molar-refractivity contribution in [2.75, 3.05) is 11.9 Å². The number of sulfonamides is 1. The molecule has 0 aliphatic carbocycles. The van der Waals surface area contributed by atoms with Gasteiger partial charge in [0.15, 0.2) is 12.4 Å². The second-order valence-electron chi connectivity index (χ2n) is 8.51. The highest BCUT2D eigenvalue weighted by Crippen LogP contribution is 2.32. The highest BCUT2D eigenvalue weighted by molar-refractivity contribution is 7.90. The number of halogens is 4. The standard InChI is InChI=1S/C27H21ClF3N3O6S/c1-3-24(35)34-41(38,39)20-5-6-22(15(2)8-20)33-25(36)14-40-23-7-4-19(28)12-21(23)26(37)17-9-16(13-32)10-18(11-17)27(29,30)31/h4-12H,3,14H2,1-2H3,(H,33,36)(H,34,35)/p-1. The SMILES string of the molecule is CC/C([O-])=N/S(=O)(=O)c1ccc(NC(=O)COc2ccc(Cl)cc2C(=O)c2cc(C#N)cc(C(F)(F)F)c2)c(C)c1. The first-order valence-electron chi connectivity index (χ1n) is 11.7. The minimum atomic E-state index is -4.81. The summed E-state index contributed by atoms with van der Waals surface area (Å²) in [6, 6.07) is 11.2. The molecule has 3 aromatic carbocycles. The quantitative estimate of drug-likeness (QED) is 0.212. The van der Waals surface area contributed by atoms with Gasteiger partial charge >= 0.3 is 6.18 Å². The smallest absolute Gasteiger partial charge is 0.416 e. The van der Waals surface area contributed by atoms with E-state index in [1.54, 1.807) is 6.07 Å². The molecule has 9 nitrogen and oxygen atoms in total. The van der Waals surface area contributed by atoms with E-state index in [0.29, 0.717) is 17.7 Å². The summed E-state index contributed by atoms with van der Waals surface area (Å²) in [6.45, 7) is 2.33. The average molecular weight is 607 g/mol. The van der Waals surface area contributed by atoms with Crippen molar-refractivity contribution in [1.29, 1.82) is 5.26 Å². The van der Waals surface area contributed by atoms with Gasteiger partial charge in [0.1, 0.15) is 5.75 Å². The van der Waals surface area contributed by atoms with Crippen molar-refractivity contribution < 1.29 is 41.0 Å². The van der Waals surface area contributed by atoms with Crippen molar-refractivity contribution in [2.45, 2.75) is 31.3 Å². The number of alkyl halides is 3. The number of hydrogen-bond donors (Lipinski definition) is 1. The Morgan fingerprint density at radius 1 is 1.12 bits per heavy atom.